The molecule has 1 saturated carbocycles. The molecule has 2 aliphatic rings. The van der Waals surface area contributed by atoms with Crippen molar-refractivity contribution in [3.05, 3.63) is 46.0 Å². The summed E-state index contributed by atoms with van der Waals surface area (Å²) in [5, 5.41) is 4.19. The molecule has 0 aromatic carbocycles. The number of aromatic amines is 1. The van der Waals surface area contributed by atoms with E-state index in [1.807, 2.05) is 12.1 Å². The van der Waals surface area contributed by atoms with Gasteiger partial charge in [-0.2, -0.15) is 5.10 Å². The Morgan fingerprint density at radius 2 is 2.10 bits per heavy atom. The summed E-state index contributed by atoms with van der Waals surface area (Å²) >= 11 is 0. The lowest BCUT2D eigenvalue weighted by molar-refractivity contribution is 0.0979. The average molecular weight is 284 g/mol. The SMILES string of the molecule is O=C(c1ccc(C2CC2)[nH]c1=O)N1CCCn2nccc21. The van der Waals surface area contributed by atoms with Crippen LogP contribution in [-0.4, -0.2) is 27.2 Å². The zero-order valence-corrected chi connectivity index (χ0v) is 11.6. The Morgan fingerprint density at radius 1 is 1.24 bits per heavy atom. The molecular formula is C15H16N4O2. The van der Waals surface area contributed by atoms with Crippen LogP contribution in [0.2, 0.25) is 0 Å². The second-order valence-electron chi connectivity index (χ2n) is 5.65. The average Bonchev–Trinajstić information content (AvgIpc) is 3.23. The lowest BCUT2D eigenvalue weighted by Crippen LogP contribution is -2.40. The van der Waals surface area contributed by atoms with Gasteiger partial charge < -0.3 is 4.98 Å². The summed E-state index contributed by atoms with van der Waals surface area (Å²) in [4.78, 5) is 29.3. The predicted octanol–water partition coefficient (Wildman–Crippen LogP) is 1.50. The van der Waals surface area contributed by atoms with E-state index in [9.17, 15) is 9.59 Å². The zero-order valence-electron chi connectivity index (χ0n) is 11.6. The van der Waals surface area contributed by atoms with E-state index in [2.05, 4.69) is 10.1 Å². The van der Waals surface area contributed by atoms with Gasteiger partial charge in [-0.15, -0.1) is 0 Å². The molecule has 6 heteroatoms. The van der Waals surface area contributed by atoms with E-state index in [1.54, 1.807) is 21.8 Å². The number of carbonyl (C=O) groups is 1. The smallest absolute Gasteiger partial charge is 0.265 e. The first-order chi connectivity index (χ1) is 10.2. The molecule has 0 bridgehead atoms. The monoisotopic (exact) mass is 284 g/mol. The van der Waals surface area contributed by atoms with Gasteiger partial charge in [0.2, 0.25) is 0 Å². The van der Waals surface area contributed by atoms with Crippen molar-refractivity contribution in [1.29, 1.82) is 0 Å². The van der Waals surface area contributed by atoms with Gasteiger partial charge in [-0.05, 0) is 37.3 Å². The molecule has 1 fully saturated rings. The van der Waals surface area contributed by atoms with Crippen molar-refractivity contribution < 1.29 is 4.79 Å². The van der Waals surface area contributed by atoms with Crippen LogP contribution < -0.4 is 10.5 Å². The van der Waals surface area contributed by atoms with Gasteiger partial charge in [-0.3, -0.25) is 14.5 Å². The highest BCUT2D eigenvalue weighted by atomic mass is 16.2. The Hall–Kier alpha value is -2.37. The standard InChI is InChI=1S/C15H16N4O2/c20-14-11(4-5-12(17-14)10-2-3-10)15(21)18-8-1-9-19-13(18)6-7-16-19/h4-7,10H,1-3,8-9H2,(H,17,20). The summed E-state index contributed by atoms with van der Waals surface area (Å²) in [6.45, 7) is 1.43. The van der Waals surface area contributed by atoms with Crippen LogP contribution in [0, 0.1) is 0 Å². The lowest BCUT2D eigenvalue weighted by Gasteiger charge is -2.27. The maximum atomic E-state index is 12.6. The number of amides is 1. The Labute approximate surface area is 121 Å². The predicted molar refractivity (Wildman–Crippen MR) is 77.6 cm³/mol. The quantitative estimate of drug-likeness (QED) is 0.908. The van der Waals surface area contributed by atoms with Crippen LogP contribution in [-0.2, 0) is 6.54 Å². The van der Waals surface area contributed by atoms with Gasteiger partial charge in [0.25, 0.3) is 11.5 Å². The molecule has 2 aromatic heterocycles. The molecule has 21 heavy (non-hydrogen) atoms. The number of hydrogen-bond donors (Lipinski definition) is 1. The molecule has 0 saturated heterocycles. The molecule has 0 radical (unpaired) electrons. The van der Waals surface area contributed by atoms with Gasteiger partial charge in [-0.1, -0.05) is 0 Å². The second-order valence-corrected chi connectivity index (χ2v) is 5.65. The van der Waals surface area contributed by atoms with Gasteiger partial charge in [0, 0.05) is 24.8 Å². The van der Waals surface area contributed by atoms with Crippen molar-refractivity contribution in [3.8, 4) is 0 Å². The van der Waals surface area contributed by atoms with Crippen LogP contribution >= 0.6 is 0 Å². The van der Waals surface area contributed by atoms with Crippen LogP contribution in [0.3, 0.4) is 0 Å². The van der Waals surface area contributed by atoms with Crippen molar-refractivity contribution in [2.24, 2.45) is 0 Å². The first kappa shape index (κ1) is 12.4. The minimum absolute atomic E-state index is 0.203. The van der Waals surface area contributed by atoms with Crippen LogP contribution in [0.1, 0.15) is 41.2 Å². The van der Waals surface area contributed by atoms with E-state index in [1.165, 1.54) is 0 Å². The van der Waals surface area contributed by atoms with Crippen molar-refractivity contribution >= 4 is 11.7 Å². The fraction of sp³-hybridized carbons (Fsp3) is 0.400. The van der Waals surface area contributed by atoms with Crippen LogP contribution in [0.25, 0.3) is 0 Å². The number of carbonyl (C=O) groups excluding carboxylic acids is 1. The molecule has 2 aromatic rings. The van der Waals surface area contributed by atoms with E-state index in [-0.39, 0.29) is 17.0 Å². The highest BCUT2D eigenvalue weighted by Gasteiger charge is 2.28. The highest BCUT2D eigenvalue weighted by molar-refractivity contribution is 6.05. The molecule has 1 aliphatic heterocycles. The van der Waals surface area contributed by atoms with E-state index >= 15 is 0 Å². The van der Waals surface area contributed by atoms with E-state index in [0.29, 0.717) is 12.5 Å². The molecule has 1 N–H and O–H groups in total. The number of aromatic nitrogens is 3. The third-order valence-corrected chi connectivity index (χ3v) is 4.15. The Bertz CT molecular complexity index is 757. The van der Waals surface area contributed by atoms with Gasteiger partial charge >= 0.3 is 0 Å². The molecule has 0 spiro atoms. The van der Waals surface area contributed by atoms with E-state index in [4.69, 9.17) is 0 Å². The molecule has 0 unspecified atom stereocenters. The fourth-order valence-electron chi connectivity index (χ4n) is 2.86. The number of pyridine rings is 1. The van der Waals surface area contributed by atoms with Crippen molar-refractivity contribution in [1.82, 2.24) is 14.8 Å². The minimum Gasteiger partial charge on any atom is -0.325 e. The minimum atomic E-state index is -0.291. The maximum absolute atomic E-state index is 12.6. The molecule has 1 aliphatic carbocycles. The summed E-state index contributed by atoms with van der Waals surface area (Å²) < 4.78 is 1.80. The van der Waals surface area contributed by atoms with Crippen molar-refractivity contribution in [2.45, 2.75) is 31.7 Å². The number of fused-ring (bicyclic) bond motifs is 1. The van der Waals surface area contributed by atoms with E-state index in [0.717, 1.165) is 37.3 Å². The Balaban J connectivity index is 1.68. The Morgan fingerprint density at radius 3 is 2.86 bits per heavy atom. The van der Waals surface area contributed by atoms with Gasteiger partial charge in [0.1, 0.15) is 11.4 Å². The first-order valence-corrected chi connectivity index (χ1v) is 7.31. The van der Waals surface area contributed by atoms with Crippen molar-refractivity contribution in [3.63, 3.8) is 0 Å². The molecule has 3 heterocycles. The second kappa shape index (κ2) is 4.58. The summed E-state index contributed by atoms with van der Waals surface area (Å²) in [6, 6.07) is 5.33. The number of anilines is 1. The molecule has 108 valence electrons. The van der Waals surface area contributed by atoms with Crippen LogP contribution in [0.5, 0.6) is 0 Å². The summed E-state index contributed by atoms with van der Waals surface area (Å²) in [5.41, 5.74) is 0.857. The molecular weight excluding hydrogens is 268 g/mol. The lowest BCUT2D eigenvalue weighted by atomic mass is 10.1. The maximum Gasteiger partial charge on any atom is 0.265 e. The molecule has 6 nitrogen and oxygen atoms in total. The highest BCUT2D eigenvalue weighted by Crippen LogP contribution is 2.38. The number of nitrogens with one attached hydrogen (secondary N) is 1. The van der Waals surface area contributed by atoms with E-state index < -0.39 is 0 Å². The first-order valence-electron chi connectivity index (χ1n) is 7.31. The largest absolute Gasteiger partial charge is 0.325 e. The zero-order chi connectivity index (χ0) is 14.4. The Kier molecular flexibility index (Phi) is 2.70. The summed E-state index contributed by atoms with van der Waals surface area (Å²) in [5.74, 6) is 0.982. The number of hydrogen-bond acceptors (Lipinski definition) is 3. The summed E-state index contributed by atoms with van der Waals surface area (Å²) in [7, 11) is 0. The fourth-order valence-corrected chi connectivity index (χ4v) is 2.86. The topological polar surface area (TPSA) is 71.0 Å². The number of rotatable bonds is 2. The van der Waals surface area contributed by atoms with Gasteiger partial charge in [-0.25, -0.2) is 4.68 Å². The third kappa shape index (κ3) is 2.07. The van der Waals surface area contributed by atoms with Crippen molar-refractivity contribution in [2.75, 3.05) is 11.4 Å². The third-order valence-electron chi connectivity index (χ3n) is 4.15. The summed E-state index contributed by atoms with van der Waals surface area (Å²) in [6.07, 6.45) is 4.77. The number of H-pyrrole nitrogens is 1. The van der Waals surface area contributed by atoms with Gasteiger partial charge in [0.15, 0.2) is 0 Å². The normalized spacial score (nSPS) is 17.6. The van der Waals surface area contributed by atoms with Gasteiger partial charge in [0.05, 0.1) is 6.20 Å². The van der Waals surface area contributed by atoms with Crippen LogP contribution in [0.4, 0.5) is 5.82 Å². The number of nitrogens with zero attached hydrogens (tertiary/aromatic N) is 3. The number of aryl methyl sites for hydroxylation is 1. The molecule has 4 rings (SSSR count). The van der Waals surface area contributed by atoms with Crippen LogP contribution in [0.15, 0.2) is 29.2 Å². The molecule has 1 amide bonds. The molecule has 0 atom stereocenters.